The van der Waals surface area contributed by atoms with E-state index in [2.05, 4.69) is 0 Å². The molecule has 0 aromatic rings. The van der Waals surface area contributed by atoms with E-state index >= 15 is 0 Å². The van der Waals surface area contributed by atoms with Gasteiger partial charge in [-0.15, -0.1) is 36.4 Å². The highest BCUT2D eigenvalue weighted by molar-refractivity contribution is 6.40. The summed E-state index contributed by atoms with van der Waals surface area (Å²) in [7, 11) is 0. The number of aliphatic carboxylic acids is 1. The van der Waals surface area contributed by atoms with Crippen molar-refractivity contribution in [2.45, 2.75) is 13.3 Å². The second-order valence-electron chi connectivity index (χ2n) is 1.09. The molecule has 0 unspecified atom stereocenters. The summed E-state index contributed by atoms with van der Waals surface area (Å²) < 4.78 is 29.7. The fourth-order valence-electron chi connectivity index (χ4n) is 0. The molecular formula is C4H7Cl2F3O3. The molecule has 76 valence electrons. The predicted molar refractivity (Wildman–Crippen MR) is 38.2 cm³/mol. The van der Waals surface area contributed by atoms with Gasteiger partial charge in [0, 0.05) is 6.92 Å². The number of rotatable bonds is 0. The monoisotopic (exact) mass is 230 g/mol. The first-order valence-electron chi connectivity index (χ1n) is 2.25. The Bertz CT molecular complexity index is 96.2. The second kappa shape index (κ2) is 10.8. The number of hydrogen-bond donors (Lipinski definition) is 2. The molecule has 0 saturated carbocycles. The van der Waals surface area contributed by atoms with Crippen LogP contribution in [0, 0.1) is 0 Å². The van der Waals surface area contributed by atoms with E-state index in [1.165, 1.54) is 0 Å². The van der Waals surface area contributed by atoms with E-state index < -0.39 is 12.3 Å². The Morgan fingerprint density at radius 2 is 1.42 bits per heavy atom. The maximum Gasteiger partial charge on any atom is 0.519 e. The summed E-state index contributed by atoms with van der Waals surface area (Å²) in [6, 6.07) is 0. The number of hydrogen-bond acceptors (Lipinski definition) is 2. The SMILES string of the molecule is CC(=O)O.ClCCl.OC(F)(F)F. The van der Waals surface area contributed by atoms with Crippen molar-refractivity contribution in [3.05, 3.63) is 0 Å². The summed E-state index contributed by atoms with van der Waals surface area (Å²) >= 11 is 9.53. The van der Waals surface area contributed by atoms with Crippen molar-refractivity contribution < 1.29 is 28.2 Å². The predicted octanol–water partition coefficient (Wildman–Crippen LogP) is 2.01. The Morgan fingerprint density at radius 1 is 1.42 bits per heavy atom. The van der Waals surface area contributed by atoms with Crippen LogP contribution < -0.4 is 0 Å². The lowest BCUT2D eigenvalue weighted by molar-refractivity contribution is -0.295. The minimum absolute atomic E-state index is 0.194. The molecule has 0 aliphatic heterocycles. The lowest BCUT2D eigenvalue weighted by Gasteiger charge is -1.86. The molecule has 0 saturated heterocycles. The van der Waals surface area contributed by atoms with Gasteiger partial charge in [-0.25, -0.2) is 0 Å². The minimum Gasteiger partial charge on any atom is -0.481 e. The molecule has 0 fully saturated rings. The maximum atomic E-state index is 9.91. The zero-order valence-electron chi connectivity index (χ0n) is 5.90. The topological polar surface area (TPSA) is 57.5 Å². The molecule has 0 aliphatic rings. The molecule has 3 nitrogen and oxygen atoms in total. The average Bonchev–Trinajstić information content (AvgIpc) is 1.56. The van der Waals surface area contributed by atoms with Gasteiger partial charge in [-0.3, -0.25) is 4.79 Å². The van der Waals surface area contributed by atoms with Gasteiger partial charge in [0.25, 0.3) is 5.97 Å². The summed E-state index contributed by atoms with van der Waals surface area (Å²) in [5.41, 5.74) is 0. The summed E-state index contributed by atoms with van der Waals surface area (Å²) in [6.07, 6.45) is -5.00. The summed E-state index contributed by atoms with van der Waals surface area (Å²) in [4.78, 5) is 9.00. The fraction of sp³-hybridized carbons (Fsp3) is 0.750. The number of carboxylic acids is 1. The van der Waals surface area contributed by atoms with Gasteiger partial charge in [0.15, 0.2) is 0 Å². The normalized spacial score (nSPS) is 8.58. The fourth-order valence-corrected chi connectivity index (χ4v) is 0. The molecule has 0 aromatic carbocycles. The highest BCUT2D eigenvalue weighted by atomic mass is 35.5. The molecule has 0 heterocycles. The van der Waals surface area contributed by atoms with Gasteiger partial charge >= 0.3 is 6.36 Å². The first kappa shape index (κ1) is 17.8. The van der Waals surface area contributed by atoms with Crippen LogP contribution in [0.5, 0.6) is 0 Å². The molecule has 0 spiro atoms. The Morgan fingerprint density at radius 3 is 1.42 bits per heavy atom. The largest absolute Gasteiger partial charge is 0.519 e. The number of alkyl halides is 5. The van der Waals surface area contributed by atoms with Gasteiger partial charge in [-0.1, -0.05) is 0 Å². The minimum atomic E-state index is -5.00. The molecule has 0 aliphatic carbocycles. The van der Waals surface area contributed by atoms with Crippen LogP contribution in [0.25, 0.3) is 0 Å². The van der Waals surface area contributed by atoms with Crippen LogP contribution in [0.2, 0.25) is 0 Å². The molecule has 12 heavy (non-hydrogen) atoms. The van der Waals surface area contributed by atoms with Crippen molar-refractivity contribution in [3.63, 3.8) is 0 Å². The third-order valence-corrected chi connectivity index (χ3v) is 0. The van der Waals surface area contributed by atoms with Crippen LogP contribution in [-0.4, -0.2) is 27.9 Å². The van der Waals surface area contributed by atoms with Crippen molar-refractivity contribution >= 4 is 29.2 Å². The Kier molecular flexibility index (Phi) is 16.0. The van der Waals surface area contributed by atoms with E-state index in [1.807, 2.05) is 0 Å². The lowest BCUT2D eigenvalue weighted by Crippen LogP contribution is -2.01. The van der Waals surface area contributed by atoms with Crippen LogP contribution in [-0.2, 0) is 4.79 Å². The van der Waals surface area contributed by atoms with Gasteiger partial charge in [0.05, 0.1) is 5.34 Å². The van der Waals surface area contributed by atoms with Gasteiger partial charge in [0.1, 0.15) is 0 Å². The smallest absolute Gasteiger partial charge is 0.481 e. The molecule has 0 bridgehead atoms. The van der Waals surface area contributed by atoms with Crippen LogP contribution in [0.1, 0.15) is 6.92 Å². The van der Waals surface area contributed by atoms with E-state index in [4.69, 9.17) is 38.2 Å². The van der Waals surface area contributed by atoms with E-state index in [9.17, 15) is 13.2 Å². The number of carbonyl (C=O) groups is 1. The number of aliphatic hydroxyl groups is 1. The van der Waals surface area contributed by atoms with Crippen molar-refractivity contribution in [2.75, 3.05) is 5.34 Å². The Hall–Kier alpha value is -0.200. The summed E-state index contributed by atoms with van der Waals surface area (Å²) in [5.74, 6) is -0.833. The zero-order valence-corrected chi connectivity index (χ0v) is 7.41. The van der Waals surface area contributed by atoms with Crippen LogP contribution in [0.15, 0.2) is 0 Å². The van der Waals surface area contributed by atoms with Crippen LogP contribution in [0.3, 0.4) is 0 Å². The van der Waals surface area contributed by atoms with Crippen molar-refractivity contribution in [2.24, 2.45) is 0 Å². The zero-order chi connectivity index (χ0) is 10.8. The lowest BCUT2D eigenvalue weighted by atomic mass is 10.9. The average molecular weight is 231 g/mol. The van der Waals surface area contributed by atoms with E-state index in [0.29, 0.717) is 0 Å². The number of halogens is 5. The Balaban J connectivity index is -0.000000105. The van der Waals surface area contributed by atoms with Crippen molar-refractivity contribution in [1.82, 2.24) is 0 Å². The van der Waals surface area contributed by atoms with Gasteiger partial charge in [0.2, 0.25) is 0 Å². The molecule has 0 amide bonds. The molecule has 2 N–H and O–H groups in total. The van der Waals surface area contributed by atoms with Crippen LogP contribution >= 0.6 is 23.2 Å². The van der Waals surface area contributed by atoms with Crippen molar-refractivity contribution in [3.8, 4) is 0 Å². The highest BCUT2D eigenvalue weighted by Crippen LogP contribution is 2.06. The van der Waals surface area contributed by atoms with E-state index in [1.54, 1.807) is 0 Å². The third kappa shape index (κ3) is 19000. The quantitative estimate of drug-likeness (QED) is 0.627. The summed E-state index contributed by atoms with van der Waals surface area (Å²) in [6.45, 7) is 1.08. The molecule has 8 heteroatoms. The Labute approximate surface area is 76.7 Å². The second-order valence-corrected chi connectivity index (χ2v) is 1.90. The maximum absolute atomic E-state index is 9.91. The molecular weight excluding hydrogens is 224 g/mol. The summed E-state index contributed by atoms with van der Waals surface area (Å²) in [5, 5.41) is 14.1. The third-order valence-electron chi connectivity index (χ3n) is 0. The number of carboxylic acid groups (broad SMARTS) is 1. The van der Waals surface area contributed by atoms with Crippen LogP contribution in [0.4, 0.5) is 13.2 Å². The first-order valence-corrected chi connectivity index (χ1v) is 3.32. The highest BCUT2D eigenvalue weighted by Gasteiger charge is 2.20. The molecule has 0 aromatic heterocycles. The van der Waals surface area contributed by atoms with Crippen molar-refractivity contribution in [1.29, 1.82) is 0 Å². The van der Waals surface area contributed by atoms with Gasteiger partial charge < -0.3 is 10.2 Å². The molecule has 0 atom stereocenters. The standard InChI is InChI=1S/C2H4O2.CH2Cl2.CHF3O/c1-2(3)4;2-1-3;2-1(3,4)5/h1H3,(H,3,4);1H2;5H. The molecule has 0 rings (SSSR count). The first-order chi connectivity index (χ1) is 5.15. The van der Waals surface area contributed by atoms with E-state index in [0.717, 1.165) is 6.92 Å². The van der Waals surface area contributed by atoms with Gasteiger partial charge in [-0.05, 0) is 0 Å². The van der Waals surface area contributed by atoms with E-state index in [-0.39, 0.29) is 5.34 Å². The van der Waals surface area contributed by atoms with Gasteiger partial charge in [-0.2, -0.15) is 0 Å². The molecule has 0 radical (unpaired) electrons.